The van der Waals surface area contributed by atoms with E-state index < -0.39 is 0 Å². The Hall–Kier alpha value is -0.610. The molecule has 1 fully saturated rings. The zero-order valence-electron chi connectivity index (χ0n) is 9.79. The Bertz CT molecular complexity index is 191. The Morgan fingerprint density at radius 3 is 2.93 bits per heavy atom. The van der Waals surface area contributed by atoms with E-state index in [1.807, 2.05) is 14.0 Å². The number of nitrogens with zero attached hydrogens (tertiary/aromatic N) is 1. The van der Waals surface area contributed by atoms with E-state index in [0.29, 0.717) is 6.54 Å². The molecule has 1 unspecified atom stereocenters. The summed E-state index contributed by atoms with van der Waals surface area (Å²) < 4.78 is 5.59. The molecule has 1 saturated heterocycles. The molecule has 1 heterocycles. The van der Waals surface area contributed by atoms with Gasteiger partial charge in [-0.25, -0.2) is 0 Å². The van der Waals surface area contributed by atoms with Gasteiger partial charge >= 0.3 is 0 Å². The molecule has 0 aromatic rings. The molecule has 1 amide bonds. The van der Waals surface area contributed by atoms with Crippen LogP contribution in [0, 0.1) is 0 Å². The molecule has 0 bridgehead atoms. The van der Waals surface area contributed by atoms with Crippen molar-refractivity contribution in [3.8, 4) is 0 Å². The molecule has 15 heavy (non-hydrogen) atoms. The summed E-state index contributed by atoms with van der Waals surface area (Å²) in [5.74, 6) is 0.144. The first-order valence-corrected chi connectivity index (χ1v) is 5.80. The summed E-state index contributed by atoms with van der Waals surface area (Å²) >= 11 is 0. The van der Waals surface area contributed by atoms with Gasteiger partial charge in [0.1, 0.15) is 0 Å². The second-order valence-corrected chi connectivity index (χ2v) is 4.04. The number of hydrogen-bond donors (Lipinski definition) is 1. The summed E-state index contributed by atoms with van der Waals surface area (Å²) in [5.41, 5.74) is 0. The van der Waals surface area contributed by atoms with E-state index in [2.05, 4.69) is 5.32 Å². The standard InChI is InChI=1S/C11H22N2O2/c1-3-12-8-11(14)13(2)9-10-6-4-5-7-15-10/h10,12H,3-9H2,1-2H3. The zero-order chi connectivity index (χ0) is 11.1. The van der Waals surface area contributed by atoms with Crippen LogP contribution in [-0.2, 0) is 9.53 Å². The number of rotatable bonds is 5. The number of ether oxygens (including phenoxy) is 1. The predicted molar refractivity (Wildman–Crippen MR) is 59.8 cm³/mol. The molecular weight excluding hydrogens is 192 g/mol. The van der Waals surface area contributed by atoms with Gasteiger partial charge in [0, 0.05) is 20.2 Å². The van der Waals surface area contributed by atoms with E-state index in [0.717, 1.165) is 32.5 Å². The molecule has 0 aliphatic carbocycles. The third-order valence-corrected chi connectivity index (χ3v) is 2.70. The number of hydrogen-bond acceptors (Lipinski definition) is 3. The van der Waals surface area contributed by atoms with E-state index in [1.165, 1.54) is 6.42 Å². The highest BCUT2D eigenvalue weighted by Gasteiger charge is 2.18. The zero-order valence-corrected chi connectivity index (χ0v) is 9.79. The van der Waals surface area contributed by atoms with Crippen LogP contribution in [0.15, 0.2) is 0 Å². The van der Waals surface area contributed by atoms with Crippen molar-refractivity contribution in [2.24, 2.45) is 0 Å². The van der Waals surface area contributed by atoms with Crippen molar-refractivity contribution in [1.29, 1.82) is 0 Å². The smallest absolute Gasteiger partial charge is 0.236 e. The molecule has 1 N–H and O–H groups in total. The van der Waals surface area contributed by atoms with Crippen LogP contribution in [0.25, 0.3) is 0 Å². The second kappa shape index (κ2) is 6.80. The molecule has 1 aliphatic rings. The van der Waals surface area contributed by atoms with Gasteiger partial charge in [-0.05, 0) is 25.8 Å². The van der Waals surface area contributed by atoms with Crippen molar-refractivity contribution in [3.63, 3.8) is 0 Å². The summed E-state index contributed by atoms with van der Waals surface area (Å²) in [6.45, 7) is 4.83. The summed E-state index contributed by atoms with van der Waals surface area (Å²) in [6.07, 6.45) is 3.71. The predicted octanol–water partition coefficient (Wildman–Crippen LogP) is 0.623. The highest BCUT2D eigenvalue weighted by molar-refractivity contribution is 5.77. The molecule has 4 nitrogen and oxygen atoms in total. The summed E-state index contributed by atoms with van der Waals surface area (Å²) in [5, 5.41) is 3.03. The largest absolute Gasteiger partial charge is 0.376 e. The quantitative estimate of drug-likeness (QED) is 0.729. The maximum Gasteiger partial charge on any atom is 0.236 e. The van der Waals surface area contributed by atoms with E-state index in [4.69, 9.17) is 4.74 Å². The number of nitrogens with one attached hydrogen (secondary N) is 1. The molecule has 88 valence electrons. The first-order chi connectivity index (χ1) is 7.24. The SMILES string of the molecule is CCNCC(=O)N(C)CC1CCCCO1. The minimum absolute atomic E-state index is 0.144. The van der Waals surface area contributed by atoms with Crippen LogP contribution >= 0.6 is 0 Å². The number of likely N-dealkylation sites (N-methyl/N-ethyl adjacent to an activating group) is 2. The van der Waals surface area contributed by atoms with Gasteiger partial charge in [0.25, 0.3) is 0 Å². The summed E-state index contributed by atoms with van der Waals surface area (Å²) in [4.78, 5) is 13.3. The molecule has 1 aliphatic heterocycles. The van der Waals surface area contributed by atoms with Crippen molar-refractivity contribution >= 4 is 5.91 Å². The average molecular weight is 214 g/mol. The number of amides is 1. The van der Waals surface area contributed by atoms with Crippen LogP contribution < -0.4 is 5.32 Å². The molecule has 0 saturated carbocycles. The van der Waals surface area contributed by atoms with Crippen molar-refractivity contribution in [2.45, 2.75) is 32.3 Å². The van der Waals surface area contributed by atoms with E-state index in [9.17, 15) is 4.79 Å². The van der Waals surface area contributed by atoms with Crippen LogP contribution in [0.3, 0.4) is 0 Å². The molecule has 0 aromatic heterocycles. The lowest BCUT2D eigenvalue weighted by molar-refractivity contribution is -0.131. The Morgan fingerprint density at radius 1 is 1.53 bits per heavy atom. The Labute approximate surface area is 92.0 Å². The lowest BCUT2D eigenvalue weighted by Gasteiger charge is -2.27. The topological polar surface area (TPSA) is 41.6 Å². The molecule has 1 atom stereocenters. The Morgan fingerprint density at radius 2 is 2.33 bits per heavy atom. The fraction of sp³-hybridized carbons (Fsp3) is 0.909. The van der Waals surface area contributed by atoms with Gasteiger partial charge in [0.05, 0.1) is 12.6 Å². The monoisotopic (exact) mass is 214 g/mol. The van der Waals surface area contributed by atoms with Gasteiger partial charge in [-0.15, -0.1) is 0 Å². The van der Waals surface area contributed by atoms with Crippen molar-refractivity contribution in [1.82, 2.24) is 10.2 Å². The van der Waals surface area contributed by atoms with Gasteiger partial charge in [-0.1, -0.05) is 6.92 Å². The maximum absolute atomic E-state index is 11.6. The molecule has 4 heteroatoms. The fourth-order valence-corrected chi connectivity index (χ4v) is 1.73. The average Bonchev–Trinajstić information content (AvgIpc) is 2.27. The minimum Gasteiger partial charge on any atom is -0.376 e. The van der Waals surface area contributed by atoms with Gasteiger partial charge in [-0.2, -0.15) is 0 Å². The third-order valence-electron chi connectivity index (χ3n) is 2.70. The van der Waals surface area contributed by atoms with Crippen LogP contribution in [0.4, 0.5) is 0 Å². The van der Waals surface area contributed by atoms with Crippen LogP contribution in [-0.4, -0.2) is 50.2 Å². The van der Waals surface area contributed by atoms with E-state index >= 15 is 0 Å². The summed E-state index contributed by atoms with van der Waals surface area (Å²) in [6, 6.07) is 0. The van der Waals surface area contributed by atoms with E-state index in [-0.39, 0.29) is 12.0 Å². The van der Waals surface area contributed by atoms with Crippen molar-refractivity contribution in [3.05, 3.63) is 0 Å². The van der Waals surface area contributed by atoms with Gasteiger partial charge in [-0.3, -0.25) is 4.79 Å². The number of carbonyl (C=O) groups is 1. The van der Waals surface area contributed by atoms with Crippen molar-refractivity contribution < 1.29 is 9.53 Å². The third kappa shape index (κ3) is 4.62. The molecule has 0 aromatic carbocycles. The van der Waals surface area contributed by atoms with E-state index in [1.54, 1.807) is 4.90 Å². The second-order valence-electron chi connectivity index (χ2n) is 4.04. The first kappa shape index (κ1) is 12.5. The fourth-order valence-electron chi connectivity index (χ4n) is 1.73. The number of carbonyl (C=O) groups excluding carboxylic acids is 1. The molecule has 0 spiro atoms. The maximum atomic E-state index is 11.6. The highest BCUT2D eigenvalue weighted by atomic mass is 16.5. The van der Waals surface area contributed by atoms with Gasteiger partial charge < -0.3 is 15.0 Å². The highest BCUT2D eigenvalue weighted by Crippen LogP contribution is 2.13. The van der Waals surface area contributed by atoms with Crippen LogP contribution in [0.5, 0.6) is 0 Å². The summed E-state index contributed by atoms with van der Waals surface area (Å²) in [7, 11) is 1.84. The lowest BCUT2D eigenvalue weighted by atomic mass is 10.1. The normalized spacial score (nSPS) is 21.3. The Balaban J connectivity index is 2.20. The lowest BCUT2D eigenvalue weighted by Crippen LogP contribution is -2.41. The van der Waals surface area contributed by atoms with Crippen LogP contribution in [0.2, 0.25) is 0 Å². The first-order valence-electron chi connectivity index (χ1n) is 5.80. The Kier molecular flexibility index (Phi) is 5.65. The molecular formula is C11H22N2O2. The molecule has 0 radical (unpaired) electrons. The van der Waals surface area contributed by atoms with Gasteiger partial charge in [0.15, 0.2) is 0 Å². The minimum atomic E-state index is 0.144. The van der Waals surface area contributed by atoms with Crippen molar-refractivity contribution in [2.75, 3.05) is 33.3 Å². The van der Waals surface area contributed by atoms with Crippen LogP contribution in [0.1, 0.15) is 26.2 Å². The van der Waals surface area contributed by atoms with Gasteiger partial charge in [0.2, 0.25) is 5.91 Å². The molecule has 1 rings (SSSR count).